The van der Waals surface area contributed by atoms with Gasteiger partial charge < -0.3 is 10.2 Å². The molecule has 6 nitrogen and oxygen atoms in total. The lowest BCUT2D eigenvalue weighted by atomic mass is 9.83. The number of nitrogens with zero attached hydrogens (tertiary/aromatic N) is 1. The quantitative estimate of drug-likeness (QED) is 0.149. The largest absolute Gasteiger partial charge is 0.507 e. The molecule has 0 spiro atoms. The third-order valence-corrected chi connectivity index (χ3v) is 6.21. The number of benzene rings is 5. The maximum absolute atomic E-state index is 14.0. The first-order valence-electron chi connectivity index (χ1n) is 11.5. The second-order valence-corrected chi connectivity index (χ2v) is 8.45. The highest BCUT2D eigenvalue weighted by Crippen LogP contribution is 2.47. The van der Waals surface area contributed by atoms with Crippen molar-refractivity contribution in [3.63, 3.8) is 0 Å². The van der Waals surface area contributed by atoms with E-state index in [1.54, 1.807) is 30.3 Å². The summed E-state index contributed by atoms with van der Waals surface area (Å²) in [7, 11) is 0. The molecule has 0 unspecified atom stereocenters. The number of nitro groups is 1. The minimum atomic E-state index is -0.494. The van der Waals surface area contributed by atoms with Gasteiger partial charge in [-0.3, -0.25) is 14.9 Å². The second kappa shape index (κ2) is 9.79. The smallest absolute Gasteiger partial charge is 0.269 e. The van der Waals surface area contributed by atoms with Crippen molar-refractivity contribution in [2.45, 2.75) is 0 Å². The van der Waals surface area contributed by atoms with Crippen molar-refractivity contribution < 1.29 is 19.9 Å². The molecule has 180 valence electrons. The van der Waals surface area contributed by atoms with Gasteiger partial charge >= 0.3 is 0 Å². The molecule has 0 bridgehead atoms. The Labute approximate surface area is 212 Å². The van der Waals surface area contributed by atoms with Crippen LogP contribution >= 0.6 is 0 Å². The molecule has 0 saturated heterocycles. The van der Waals surface area contributed by atoms with Gasteiger partial charge in [0.25, 0.3) is 5.69 Å². The highest BCUT2D eigenvalue weighted by molar-refractivity contribution is 6.17. The summed E-state index contributed by atoms with van der Waals surface area (Å²) in [5.41, 5.74) is 3.41. The Morgan fingerprint density at radius 1 is 0.622 bits per heavy atom. The van der Waals surface area contributed by atoms with Gasteiger partial charge in [-0.2, -0.15) is 0 Å². The Morgan fingerprint density at radius 2 is 1.16 bits per heavy atom. The molecule has 5 aromatic rings. The highest BCUT2D eigenvalue weighted by atomic mass is 16.6. The summed E-state index contributed by atoms with van der Waals surface area (Å²) in [6.07, 6.45) is 0. The van der Waals surface area contributed by atoms with Crippen molar-refractivity contribution in [1.82, 2.24) is 0 Å². The average Bonchev–Trinajstić information content (AvgIpc) is 2.93. The molecule has 2 N–H and O–H groups in total. The van der Waals surface area contributed by atoms with Crippen molar-refractivity contribution in [3.05, 3.63) is 137 Å². The molecular weight excluding hydrogens is 466 g/mol. The minimum Gasteiger partial charge on any atom is -0.507 e. The van der Waals surface area contributed by atoms with Crippen LogP contribution < -0.4 is 0 Å². The first kappa shape index (κ1) is 23.5. The van der Waals surface area contributed by atoms with Gasteiger partial charge in [-0.25, -0.2) is 0 Å². The van der Waals surface area contributed by atoms with Gasteiger partial charge in [-0.15, -0.1) is 0 Å². The maximum atomic E-state index is 14.0. The van der Waals surface area contributed by atoms with Crippen LogP contribution in [-0.4, -0.2) is 20.9 Å². The molecule has 0 aliphatic carbocycles. The molecule has 5 aromatic carbocycles. The summed E-state index contributed by atoms with van der Waals surface area (Å²) in [4.78, 5) is 24.7. The van der Waals surface area contributed by atoms with Crippen LogP contribution in [0.1, 0.15) is 15.9 Å². The van der Waals surface area contributed by atoms with E-state index in [0.717, 1.165) is 0 Å². The van der Waals surface area contributed by atoms with Crippen molar-refractivity contribution >= 4 is 11.5 Å². The van der Waals surface area contributed by atoms with Gasteiger partial charge in [-0.05, 0) is 47.0 Å². The van der Waals surface area contributed by atoms with E-state index < -0.39 is 10.7 Å². The number of phenols is 2. The maximum Gasteiger partial charge on any atom is 0.269 e. The third kappa shape index (κ3) is 4.44. The zero-order chi connectivity index (χ0) is 25.9. The lowest BCUT2D eigenvalue weighted by molar-refractivity contribution is -0.384. The molecule has 0 radical (unpaired) electrons. The van der Waals surface area contributed by atoms with Gasteiger partial charge in [0, 0.05) is 34.4 Å². The van der Waals surface area contributed by atoms with Crippen molar-refractivity contribution in [1.29, 1.82) is 0 Å². The van der Waals surface area contributed by atoms with Crippen LogP contribution in [0.4, 0.5) is 5.69 Å². The number of hydrogen-bond donors (Lipinski definition) is 2. The number of aromatic hydroxyl groups is 2. The molecule has 37 heavy (non-hydrogen) atoms. The van der Waals surface area contributed by atoms with E-state index in [1.807, 2.05) is 60.7 Å². The SMILES string of the molecule is O=C(c1ccccc1O)c1cc(-c2ccccc2)c(O)c(-c2ccccc2)c1-c1ccc([N+](=O)[O-])cc1. The van der Waals surface area contributed by atoms with Gasteiger partial charge in [0.05, 0.1) is 10.5 Å². The number of para-hydroxylation sites is 1. The molecule has 6 heteroatoms. The van der Waals surface area contributed by atoms with E-state index in [1.165, 1.54) is 24.3 Å². The standard InChI is InChI=1S/C31H21NO5/c33-27-14-8-7-13-24(27)30(34)26-19-25(20-9-3-1-4-10-20)31(35)29(21-11-5-2-6-12-21)28(26)22-15-17-23(18-16-22)32(36)37/h1-19,33,35H. The minimum absolute atomic E-state index is 0.0282. The molecule has 0 aromatic heterocycles. The van der Waals surface area contributed by atoms with E-state index in [-0.39, 0.29) is 28.3 Å². The number of phenolic OH excluding ortho intramolecular Hbond substituents is 2. The normalized spacial score (nSPS) is 10.7. The van der Waals surface area contributed by atoms with E-state index in [0.29, 0.717) is 33.4 Å². The Balaban J connectivity index is 1.89. The Bertz CT molecular complexity index is 1610. The third-order valence-electron chi connectivity index (χ3n) is 6.21. The molecule has 0 atom stereocenters. The Hall–Kier alpha value is -5.23. The fourth-order valence-electron chi connectivity index (χ4n) is 4.44. The van der Waals surface area contributed by atoms with Gasteiger partial charge in [0.15, 0.2) is 5.78 Å². The lowest BCUT2D eigenvalue weighted by Gasteiger charge is -2.20. The summed E-state index contributed by atoms with van der Waals surface area (Å²) in [5, 5.41) is 33.4. The van der Waals surface area contributed by atoms with E-state index in [9.17, 15) is 25.1 Å². The van der Waals surface area contributed by atoms with Crippen LogP contribution in [0.2, 0.25) is 0 Å². The monoisotopic (exact) mass is 487 g/mol. The molecule has 0 heterocycles. The molecule has 0 fully saturated rings. The number of nitro benzene ring substituents is 1. The number of non-ortho nitro benzene ring substituents is 1. The molecule has 0 amide bonds. The summed E-state index contributed by atoms with van der Waals surface area (Å²) >= 11 is 0. The number of carbonyl (C=O) groups excluding carboxylic acids is 1. The van der Waals surface area contributed by atoms with E-state index in [2.05, 4.69) is 0 Å². The topological polar surface area (TPSA) is 101 Å². The summed E-state index contributed by atoms with van der Waals surface area (Å²) in [5.74, 6) is -0.641. The predicted octanol–water partition coefficient (Wildman–Crippen LogP) is 7.24. The van der Waals surface area contributed by atoms with Crippen molar-refractivity contribution in [2.75, 3.05) is 0 Å². The number of rotatable bonds is 6. The van der Waals surface area contributed by atoms with Gasteiger partial charge in [0.2, 0.25) is 0 Å². The van der Waals surface area contributed by atoms with Crippen LogP contribution in [0.15, 0.2) is 115 Å². The highest BCUT2D eigenvalue weighted by Gasteiger charge is 2.26. The zero-order valence-electron chi connectivity index (χ0n) is 19.5. The fourth-order valence-corrected chi connectivity index (χ4v) is 4.44. The molecule has 5 rings (SSSR count). The Kier molecular flexibility index (Phi) is 6.22. The molecule has 0 aliphatic rings. The molecule has 0 saturated carbocycles. The summed E-state index contributed by atoms with van der Waals surface area (Å²) < 4.78 is 0. The van der Waals surface area contributed by atoms with Crippen LogP contribution in [0.5, 0.6) is 11.5 Å². The van der Waals surface area contributed by atoms with Gasteiger partial charge in [0.1, 0.15) is 11.5 Å². The first-order valence-corrected chi connectivity index (χ1v) is 11.5. The summed E-state index contributed by atoms with van der Waals surface area (Å²) in [6, 6.07) is 32.1. The van der Waals surface area contributed by atoms with Crippen LogP contribution in [-0.2, 0) is 0 Å². The Morgan fingerprint density at radius 3 is 1.76 bits per heavy atom. The molecular formula is C31H21NO5. The zero-order valence-corrected chi connectivity index (χ0v) is 19.5. The van der Waals surface area contributed by atoms with Crippen LogP contribution in [0.25, 0.3) is 33.4 Å². The fraction of sp³-hybridized carbons (Fsp3) is 0. The first-order chi connectivity index (χ1) is 18.0. The van der Waals surface area contributed by atoms with Crippen molar-refractivity contribution in [3.8, 4) is 44.9 Å². The lowest BCUT2D eigenvalue weighted by Crippen LogP contribution is -2.06. The second-order valence-electron chi connectivity index (χ2n) is 8.45. The van der Waals surface area contributed by atoms with Crippen molar-refractivity contribution in [2.24, 2.45) is 0 Å². The predicted molar refractivity (Wildman–Crippen MR) is 143 cm³/mol. The van der Waals surface area contributed by atoms with E-state index in [4.69, 9.17) is 0 Å². The number of carbonyl (C=O) groups is 1. The summed E-state index contributed by atoms with van der Waals surface area (Å²) in [6.45, 7) is 0. The van der Waals surface area contributed by atoms with Crippen LogP contribution in [0.3, 0.4) is 0 Å². The van der Waals surface area contributed by atoms with E-state index >= 15 is 0 Å². The average molecular weight is 488 g/mol. The molecule has 0 aliphatic heterocycles. The number of hydrogen-bond acceptors (Lipinski definition) is 5. The van der Waals surface area contributed by atoms with Gasteiger partial charge in [-0.1, -0.05) is 72.8 Å². The number of ketones is 1. The van der Waals surface area contributed by atoms with Crippen LogP contribution in [0, 0.1) is 10.1 Å².